The van der Waals surface area contributed by atoms with E-state index in [-0.39, 0.29) is 17.8 Å². The van der Waals surface area contributed by atoms with Crippen molar-refractivity contribution in [1.29, 1.82) is 0 Å². The first-order valence-electron chi connectivity index (χ1n) is 7.04. The lowest BCUT2D eigenvalue weighted by atomic mass is 9.90. The van der Waals surface area contributed by atoms with Crippen molar-refractivity contribution in [3.8, 4) is 0 Å². The summed E-state index contributed by atoms with van der Waals surface area (Å²) >= 11 is 6.03. The second-order valence-electron chi connectivity index (χ2n) is 6.20. The average Bonchev–Trinajstić information content (AvgIpc) is 2.93. The quantitative estimate of drug-likeness (QED) is 0.942. The highest BCUT2D eigenvalue weighted by atomic mass is 35.5. The van der Waals surface area contributed by atoms with Crippen LogP contribution in [-0.4, -0.2) is 34.1 Å². The van der Waals surface area contributed by atoms with Crippen LogP contribution >= 0.6 is 24.0 Å². The Morgan fingerprint density at radius 2 is 2.19 bits per heavy atom. The third-order valence-electron chi connectivity index (χ3n) is 4.43. The Morgan fingerprint density at radius 1 is 1.43 bits per heavy atom. The van der Waals surface area contributed by atoms with Crippen LogP contribution in [0.4, 0.5) is 0 Å². The topological polar surface area (TPSA) is 47.1 Å². The molecule has 2 heterocycles. The molecule has 0 radical (unpaired) electrons. The van der Waals surface area contributed by atoms with Crippen LogP contribution in [0.15, 0.2) is 18.2 Å². The molecule has 116 valence electrons. The van der Waals surface area contributed by atoms with Crippen molar-refractivity contribution in [3.63, 3.8) is 0 Å². The van der Waals surface area contributed by atoms with E-state index in [1.54, 1.807) is 0 Å². The molecule has 0 spiro atoms. The minimum absolute atomic E-state index is 0. The Morgan fingerprint density at radius 3 is 2.86 bits per heavy atom. The SMILES string of the molecule is Cl.Cn1c(CN2CCC(C)(CN)C2)nc2cc(Cl)ccc21. The van der Waals surface area contributed by atoms with Crippen LogP contribution in [0.5, 0.6) is 0 Å². The number of aromatic nitrogens is 2. The number of nitrogens with two attached hydrogens (primary N) is 1. The number of hydrogen-bond donors (Lipinski definition) is 1. The Hall–Kier alpha value is -0.810. The van der Waals surface area contributed by atoms with Gasteiger partial charge < -0.3 is 10.3 Å². The Balaban J connectivity index is 0.00000161. The number of imidazole rings is 1. The highest BCUT2D eigenvalue weighted by molar-refractivity contribution is 6.31. The Labute approximate surface area is 136 Å². The standard InChI is InChI=1S/C15H21ClN4.ClH/c1-15(9-17)5-6-20(10-15)8-14-18-12-7-11(16)3-4-13(12)19(14)2;/h3-4,7H,5-6,8-10,17H2,1-2H3;1H. The van der Waals surface area contributed by atoms with E-state index >= 15 is 0 Å². The van der Waals surface area contributed by atoms with Gasteiger partial charge in [0.25, 0.3) is 0 Å². The number of rotatable bonds is 3. The minimum atomic E-state index is 0. The highest BCUT2D eigenvalue weighted by Crippen LogP contribution is 2.30. The van der Waals surface area contributed by atoms with E-state index in [1.165, 1.54) is 6.42 Å². The smallest absolute Gasteiger partial charge is 0.123 e. The number of nitrogens with zero attached hydrogens (tertiary/aromatic N) is 3. The fourth-order valence-electron chi connectivity index (χ4n) is 2.99. The second kappa shape index (κ2) is 6.13. The van der Waals surface area contributed by atoms with E-state index in [0.29, 0.717) is 0 Å². The monoisotopic (exact) mass is 328 g/mol. The molecule has 6 heteroatoms. The predicted molar refractivity (Wildman–Crippen MR) is 90.0 cm³/mol. The van der Waals surface area contributed by atoms with E-state index in [0.717, 1.165) is 48.1 Å². The Kier molecular flexibility index (Phi) is 4.83. The van der Waals surface area contributed by atoms with Gasteiger partial charge in [0.2, 0.25) is 0 Å². The number of hydrogen-bond acceptors (Lipinski definition) is 3. The maximum absolute atomic E-state index is 6.03. The zero-order valence-electron chi connectivity index (χ0n) is 12.5. The summed E-state index contributed by atoms with van der Waals surface area (Å²) in [4.78, 5) is 7.16. The maximum atomic E-state index is 6.03. The first-order chi connectivity index (χ1) is 9.50. The molecule has 21 heavy (non-hydrogen) atoms. The van der Waals surface area contributed by atoms with Crippen molar-refractivity contribution >= 4 is 35.0 Å². The number of likely N-dealkylation sites (tertiary alicyclic amines) is 1. The van der Waals surface area contributed by atoms with Crippen LogP contribution in [-0.2, 0) is 13.6 Å². The molecule has 0 aliphatic carbocycles. The van der Waals surface area contributed by atoms with Crippen molar-refractivity contribution < 1.29 is 0 Å². The van der Waals surface area contributed by atoms with Crippen molar-refractivity contribution in [2.75, 3.05) is 19.6 Å². The molecule has 2 aromatic rings. The summed E-state index contributed by atoms with van der Waals surface area (Å²) in [6.07, 6.45) is 1.17. The third-order valence-corrected chi connectivity index (χ3v) is 4.67. The summed E-state index contributed by atoms with van der Waals surface area (Å²) in [5.74, 6) is 1.09. The van der Waals surface area contributed by atoms with Crippen LogP contribution in [0.1, 0.15) is 19.2 Å². The highest BCUT2D eigenvalue weighted by Gasteiger charge is 2.32. The summed E-state index contributed by atoms with van der Waals surface area (Å²) in [6, 6.07) is 5.87. The van der Waals surface area contributed by atoms with Crippen LogP contribution in [0.25, 0.3) is 11.0 Å². The van der Waals surface area contributed by atoms with E-state index in [1.807, 2.05) is 18.2 Å². The fraction of sp³-hybridized carbons (Fsp3) is 0.533. The first-order valence-corrected chi connectivity index (χ1v) is 7.42. The molecule has 1 fully saturated rings. The number of aryl methyl sites for hydroxylation is 1. The van der Waals surface area contributed by atoms with Gasteiger partial charge in [-0.2, -0.15) is 0 Å². The number of benzene rings is 1. The normalized spacial score (nSPS) is 22.7. The van der Waals surface area contributed by atoms with Crippen LogP contribution in [0, 0.1) is 5.41 Å². The predicted octanol–water partition coefficient (Wildman–Crippen LogP) is 2.82. The van der Waals surface area contributed by atoms with Gasteiger partial charge >= 0.3 is 0 Å². The lowest BCUT2D eigenvalue weighted by molar-refractivity contribution is 0.267. The molecule has 0 bridgehead atoms. The van der Waals surface area contributed by atoms with Gasteiger partial charge in [0.15, 0.2) is 0 Å². The van der Waals surface area contributed by atoms with Crippen molar-refractivity contribution in [3.05, 3.63) is 29.0 Å². The van der Waals surface area contributed by atoms with E-state index in [9.17, 15) is 0 Å². The van der Waals surface area contributed by atoms with Gasteiger partial charge in [0, 0.05) is 18.6 Å². The summed E-state index contributed by atoms with van der Waals surface area (Å²) in [5, 5.41) is 0.735. The van der Waals surface area contributed by atoms with E-state index in [2.05, 4.69) is 23.4 Å². The molecule has 1 saturated heterocycles. The van der Waals surface area contributed by atoms with Gasteiger partial charge in [-0.3, -0.25) is 4.90 Å². The molecule has 1 aromatic heterocycles. The van der Waals surface area contributed by atoms with Gasteiger partial charge in [-0.25, -0.2) is 4.98 Å². The van der Waals surface area contributed by atoms with Gasteiger partial charge in [0.1, 0.15) is 5.82 Å². The maximum Gasteiger partial charge on any atom is 0.123 e. The number of fused-ring (bicyclic) bond motifs is 1. The summed E-state index contributed by atoms with van der Waals surface area (Å²) < 4.78 is 2.16. The Bertz CT molecular complexity index is 640. The van der Waals surface area contributed by atoms with Crippen molar-refractivity contribution in [2.24, 2.45) is 18.2 Å². The molecule has 0 amide bonds. The molecular weight excluding hydrogens is 307 g/mol. The first kappa shape index (κ1) is 16.6. The molecule has 1 atom stereocenters. The molecule has 1 aromatic carbocycles. The van der Waals surface area contributed by atoms with Crippen LogP contribution < -0.4 is 5.73 Å². The second-order valence-corrected chi connectivity index (χ2v) is 6.63. The number of halogens is 2. The summed E-state index contributed by atoms with van der Waals surface area (Å²) in [6.45, 7) is 6.03. The molecule has 0 saturated carbocycles. The molecule has 1 unspecified atom stereocenters. The van der Waals surface area contributed by atoms with E-state index in [4.69, 9.17) is 22.3 Å². The average molecular weight is 329 g/mol. The van der Waals surface area contributed by atoms with E-state index < -0.39 is 0 Å². The van der Waals surface area contributed by atoms with Crippen LogP contribution in [0.3, 0.4) is 0 Å². The third kappa shape index (κ3) is 3.19. The molecule has 4 nitrogen and oxygen atoms in total. The molecule has 1 aliphatic heterocycles. The minimum Gasteiger partial charge on any atom is -0.330 e. The summed E-state index contributed by atoms with van der Waals surface area (Å²) in [7, 11) is 2.07. The van der Waals surface area contributed by atoms with Crippen LogP contribution in [0.2, 0.25) is 5.02 Å². The lowest BCUT2D eigenvalue weighted by Gasteiger charge is -2.22. The largest absolute Gasteiger partial charge is 0.330 e. The summed E-state index contributed by atoms with van der Waals surface area (Å²) in [5.41, 5.74) is 8.23. The molecule has 3 rings (SSSR count). The van der Waals surface area contributed by atoms with Gasteiger partial charge in [0.05, 0.1) is 17.6 Å². The molecule has 2 N–H and O–H groups in total. The molecular formula is C15H22Cl2N4. The molecule has 1 aliphatic rings. The van der Waals surface area contributed by atoms with Crippen molar-refractivity contribution in [1.82, 2.24) is 14.5 Å². The van der Waals surface area contributed by atoms with Gasteiger partial charge in [-0.05, 0) is 43.1 Å². The lowest BCUT2D eigenvalue weighted by Crippen LogP contribution is -2.31. The van der Waals surface area contributed by atoms with Gasteiger partial charge in [-0.1, -0.05) is 18.5 Å². The zero-order chi connectivity index (χ0) is 14.3. The zero-order valence-corrected chi connectivity index (χ0v) is 14.0. The van der Waals surface area contributed by atoms with Gasteiger partial charge in [-0.15, -0.1) is 12.4 Å². The van der Waals surface area contributed by atoms with Crippen molar-refractivity contribution in [2.45, 2.75) is 19.9 Å². The fourth-order valence-corrected chi connectivity index (χ4v) is 3.16.